The monoisotopic (exact) mass is 349 g/mol. The summed E-state index contributed by atoms with van der Waals surface area (Å²) in [5.74, 6) is 0.0571. The molecule has 0 bridgehead atoms. The Labute approximate surface area is 149 Å². The number of para-hydroxylation sites is 2. The zero-order chi connectivity index (χ0) is 18.5. The number of aliphatic carboxylic acids is 1. The molecule has 7 nitrogen and oxygen atoms in total. The van der Waals surface area contributed by atoms with Gasteiger partial charge < -0.3 is 19.6 Å². The smallest absolute Gasteiger partial charge is 0.341 e. The first kappa shape index (κ1) is 17.0. The number of hydrogen-bond donors (Lipinski definition) is 2. The van der Waals surface area contributed by atoms with Crippen molar-refractivity contribution in [2.75, 3.05) is 13.7 Å². The summed E-state index contributed by atoms with van der Waals surface area (Å²) in [7, 11) is 1.47. The number of nitriles is 1. The second-order valence-corrected chi connectivity index (χ2v) is 5.37. The highest BCUT2D eigenvalue weighted by atomic mass is 16.5. The first-order valence-corrected chi connectivity index (χ1v) is 7.70. The van der Waals surface area contributed by atoms with Crippen LogP contribution in [-0.2, 0) is 4.79 Å². The Hall–Kier alpha value is -3.79. The van der Waals surface area contributed by atoms with Gasteiger partial charge in [-0.3, -0.25) is 0 Å². The van der Waals surface area contributed by atoms with E-state index < -0.39 is 12.6 Å². The van der Waals surface area contributed by atoms with E-state index in [2.05, 4.69) is 16.0 Å². The van der Waals surface area contributed by atoms with E-state index in [9.17, 15) is 10.1 Å². The maximum absolute atomic E-state index is 10.7. The van der Waals surface area contributed by atoms with Gasteiger partial charge in [-0.25, -0.2) is 9.78 Å². The van der Waals surface area contributed by atoms with Crippen LogP contribution in [0, 0.1) is 11.3 Å². The molecule has 0 radical (unpaired) electrons. The molecule has 3 aromatic rings. The molecule has 0 saturated heterocycles. The third kappa shape index (κ3) is 3.65. The minimum Gasteiger partial charge on any atom is -0.493 e. The molecule has 0 spiro atoms. The van der Waals surface area contributed by atoms with E-state index in [1.165, 1.54) is 7.11 Å². The van der Waals surface area contributed by atoms with Gasteiger partial charge in [0.1, 0.15) is 11.9 Å². The molecule has 1 aromatic heterocycles. The van der Waals surface area contributed by atoms with Crippen molar-refractivity contribution in [3.8, 4) is 17.6 Å². The summed E-state index contributed by atoms with van der Waals surface area (Å²) in [6.45, 7) is -0.488. The highest BCUT2D eigenvalue weighted by molar-refractivity contribution is 5.90. The molecule has 26 heavy (non-hydrogen) atoms. The normalized spacial score (nSPS) is 11.2. The number of H-pyrrole nitrogens is 1. The second kappa shape index (κ2) is 7.40. The van der Waals surface area contributed by atoms with Gasteiger partial charge in [0.25, 0.3) is 0 Å². The predicted molar refractivity (Wildman–Crippen MR) is 95.7 cm³/mol. The number of carbonyl (C=O) groups is 1. The number of carboxylic acid groups (broad SMARTS) is 1. The molecule has 0 fully saturated rings. The van der Waals surface area contributed by atoms with Crippen molar-refractivity contribution in [3.05, 3.63) is 53.9 Å². The largest absolute Gasteiger partial charge is 0.493 e. The number of imidazole rings is 1. The van der Waals surface area contributed by atoms with Gasteiger partial charge in [-0.2, -0.15) is 5.26 Å². The summed E-state index contributed by atoms with van der Waals surface area (Å²) >= 11 is 0. The number of nitrogens with one attached hydrogen (secondary N) is 1. The van der Waals surface area contributed by atoms with Crippen LogP contribution in [0.2, 0.25) is 0 Å². The van der Waals surface area contributed by atoms with Crippen molar-refractivity contribution < 1.29 is 19.4 Å². The number of carboxylic acids is 1. The molecule has 3 rings (SSSR count). The van der Waals surface area contributed by atoms with Crippen LogP contribution in [0.4, 0.5) is 0 Å². The number of nitrogens with zero attached hydrogens (tertiary/aromatic N) is 2. The minimum absolute atomic E-state index is 0.283. The number of aromatic nitrogens is 2. The quantitative estimate of drug-likeness (QED) is 0.662. The summed E-state index contributed by atoms with van der Waals surface area (Å²) < 4.78 is 10.4. The third-order valence-electron chi connectivity index (χ3n) is 3.61. The number of ether oxygens (including phenoxy) is 2. The average Bonchev–Trinajstić information content (AvgIpc) is 3.08. The summed E-state index contributed by atoms with van der Waals surface area (Å²) in [6, 6.07) is 14.6. The van der Waals surface area contributed by atoms with Crippen LogP contribution in [0.5, 0.6) is 11.5 Å². The van der Waals surface area contributed by atoms with Gasteiger partial charge in [-0.15, -0.1) is 0 Å². The maximum Gasteiger partial charge on any atom is 0.341 e. The summed E-state index contributed by atoms with van der Waals surface area (Å²) in [6.07, 6.45) is 1.64. The fourth-order valence-corrected chi connectivity index (χ4v) is 2.44. The first-order chi connectivity index (χ1) is 12.6. The van der Waals surface area contributed by atoms with Gasteiger partial charge in [0.2, 0.25) is 0 Å². The second-order valence-electron chi connectivity index (χ2n) is 5.37. The van der Waals surface area contributed by atoms with Crippen LogP contribution in [0.3, 0.4) is 0 Å². The van der Waals surface area contributed by atoms with E-state index in [1.54, 1.807) is 24.3 Å². The highest BCUT2D eigenvalue weighted by Gasteiger charge is 2.10. The number of benzene rings is 2. The van der Waals surface area contributed by atoms with E-state index in [1.807, 2.05) is 24.3 Å². The lowest BCUT2D eigenvalue weighted by molar-refractivity contribution is -0.139. The molecule has 0 unspecified atom stereocenters. The molecule has 0 aliphatic carbocycles. The van der Waals surface area contributed by atoms with Crippen LogP contribution in [-0.4, -0.2) is 34.8 Å². The van der Waals surface area contributed by atoms with E-state index in [4.69, 9.17) is 14.6 Å². The summed E-state index contributed by atoms with van der Waals surface area (Å²) in [5.41, 5.74) is 2.60. The molecule has 1 heterocycles. The lowest BCUT2D eigenvalue weighted by Gasteiger charge is -2.09. The highest BCUT2D eigenvalue weighted by Crippen LogP contribution is 2.29. The SMILES string of the molecule is COc1ccc(C=C(C#N)c2nc3ccccc3[nH]2)cc1OCC(=O)O. The Morgan fingerprint density at radius 3 is 2.81 bits per heavy atom. The van der Waals surface area contributed by atoms with Gasteiger partial charge in [0.05, 0.1) is 23.7 Å². The van der Waals surface area contributed by atoms with Gasteiger partial charge in [-0.1, -0.05) is 18.2 Å². The number of rotatable bonds is 6. The number of methoxy groups -OCH3 is 1. The number of fused-ring (bicyclic) bond motifs is 1. The molecule has 0 aliphatic rings. The van der Waals surface area contributed by atoms with Crippen molar-refractivity contribution in [2.45, 2.75) is 0 Å². The van der Waals surface area contributed by atoms with Crippen LogP contribution in [0.15, 0.2) is 42.5 Å². The van der Waals surface area contributed by atoms with Crippen molar-refractivity contribution in [1.82, 2.24) is 9.97 Å². The van der Waals surface area contributed by atoms with Crippen molar-refractivity contribution in [2.24, 2.45) is 0 Å². The lowest BCUT2D eigenvalue weighted by Crippen LogP contribution is -2.10. The zero-order valence-corrected chi connectivity index (χ0v) is 13.9. The van der Waals surface area contributed by atoms with Crippen LogP contribution in [0.1, 0.15) is 11.4 Å². The molecule has 130 valence electrons. The molecule has 2 N–H and O–H groups in total. The minimum atomic E-state index is -1.09. The number of allylic oxidation sites excluding steroid dienone is 1. The number of hydrogen-bond acceptors (Lipinski definition) is 5. The summed E-state index contributed by atoms with van der Waals surface area (Å²) in [4.78, 5) is 18.2. The summed E-state index contributed by atoms with van der Waals surface area (Å²) in [5, 5.41) is 18.3. The van der Waals surface area contributed by atoms with Crippen LogP contribution >= 0.6 is 0 Å². The first-order valence-electron chi connectivity index (χ1n) is 7.70. The fraction of sp³-hybridized carbons (Fsp3) is 0.105. The zero-order valence-electron chi connectivity index (χ0n) is 13.9. The van der Waals surface area contributed by atoms with Gasteiger partial charge >= 0.3 is 5.97 Å². The standard InChI is InChI=1S/C19H15N3O4/c1-25-16-7-6-12(9-17(16)26-11-18(23)24)8-13(10-20)19-21-14-4-2-3-5-15(14)22-19/h2-9H,11H2,1H3,(H,21,22)(H,23,24). The van der Waals surface area contributed by atoms with E-state index in [0.29, 0.717) is 22.7 Å². The lowest BCUT2D eigenvalue weighted by atomic mass is 10.1. The maximum atomic E-state index is 10.7. The van der Waals surface area contributed by atoms with Crippen LogP contribution < -0.4 is 9.47 Å². The topological polar surface area (TPSA) is 108 Å². The van der Waals surface area contributed by atoms with Crippen molar-refractivity contribution >= 4 is 28.7 Å². The fourth-order valence-electron chi connectivity index (χ4n) is 2.44. The van der Waals surface area contributed by atoms with E-state index in [0.717, 1.165) is 11.0 Å². The Morgan fingerprint density at radius 1 is 1.31 bits per heavy atom. The Kier molecular flexibility index (Phi) is 4.85. The molecule has 7 heteroatoms. The molecule has 0 amide bonds. The Bertz CT molecular complexity index is 998. The molecular weight excluding hydrogens is 334 g/mol. The third-order valence-corrected chi connectivity index (χ3v) is 3.61. The molecule has 2 aromatic carbocycles. The molecule has 0 atom stereocenters. The Balaban J connectivity index is 1.97. The van der Waals surface area contributed by atoms with Gasteiger partial charge in [-0.05, 0) is 35.9 Å². The van der Waals surface area contributed by atoms with Gasteiger partial charge in [0, 0.05) is 0 Å². The predicted octanol–water partition coefficient (Wildman–Crippen LogP) is 3.10. The van der Waals surface area contributed by atoms with Crippen molar-refractivity contribution in [3.63, 3.8) is 0 Å². The molecule has 0 aliphatic heterocycles. The molecular formula is C19H15N3O4. The molecule has 0 saturated carbocycles. The van der Waals surface area contributed by atoms with E-state index >= 15 is 0 Å². The van der Waals surface area contributed by atoms with Gasteiger partial charge in [0.15, 0.2) is 18.1 Å². The Morgan fingerprint density at radius 2 is 2.12 bits per heavy atom. The van der Waals surface area contributed by atoms with Crippen molar-refractivity contribution in [1.29, 1.82) is 5.26 Å². The number of aromatic amines is 1. The van der Waals surface area contributed by atoms with Crippen LogP contribution in [0.25, 0.3) is 22.7 Å². The average molecular weight is 349 g/mol. The van der Waals surface area contributed by atoms with E-state index in [-0.39, 0.29) is 5.75 Å².